The number of aromatic amines is 1. The lowest BCUT2D eigenvalue weighted by Gasteiger charge is -2.43. The molecular formula is C9H11BrN2O5. The van der Waals surface area contributed by atoms with E-state index in [0.29, 0.717) is 0 Å². The van der Waals surface area contributed by atoms with E-state index < -0.39 is 23.6 Å². The number of ether oxygens (including phenoxy) is 1. The van der Waals surface area contributed by atoms with Gasteiger partial charge in [-0.05, 0) is 15.9 Å². The van der Waals surface area contributed by atoms with Gasteiger partial charge >= 0.3 is 5.69 Å². The van der Waals surface area contributed by atoms with Crippen LogP contribution in [0.5, 0.6) is 0 Å². The van der Waals surface area contributed by atoms with E-state index in [1.807, 2.05) is 0 Å². The van der Waals surface area contributed by atoms with Crippen LogP contribution in [0.3, 0.4) is 0 Å². The molecule has 2 rings (SSSR count). The number of rotatable bonds is 3. The van der Waals surface area contributed by atoms with Gasteiger partial charge in [0.15, 0.2) is 0 Å². The zero-order chi connectivity index (χ0) is 12.6. The Hall–Kier alpha value is -0.960. The maximum Gasteiger partial charge on any atom is 0.330 e. The van der Waals surface area contributed by atoms with Gasteiger partial charge in [0.25, 0.3) is 5.56 Å². The summed E-state index contributed by atoms with van der Waals surface area (Å²) < 4.78 is 6.64. The van der Waals surface area contributed by atoms with Crippen LogP contribution in [0.25, 0.3) is 0 Å². The topological polar surface area (TPSA) is 105 Å². The average molecular weight is 307 g/mol. The van der Waals surface area contributed by atoms with Crippen molar-refractivity contribution < 1.29 is 14.9 Å². The molecule has 1 fully saturated rings. The van der Waals surface area contributed by atoms with Crippen molar-refractivity contribution >= 4 is 15.9 Å². The van der Waals surface area contributed by atoms with E-state index in [9.17, 15) is 9.59 Å². The molecule has 1 aliphatic heterocycles. The molecule has 8 heteroatoms. The summed E-state index contributed by atoms with van der Waals surface area (Å²) in [5, 5.41) is 18.1. The standard InChI is InChI=1S/C9H11BrN2O5/c10-5-1-12(9(16)11-7(5)15)8-4(2-13)6(3-14)17-8/h1,4,6,8,13-14H,2-3H2,(H,11,15,16)/t4-,6-,8-/m1/s1. The van der Waals surface area contributed by atoms with E-state index in [0.717, 1.165) is 0 Å². The first-order valence-electron chi connectivity index (χ1n) is 4.96. The lowest BCUT2D eigenvalue weighted by molar-refractivity contribution is -0.246. The van der Waals surface area contributed by atoms with Crippen molar-refractivity contribution in [2.24, 2.45) is 5.92 Å². The van der Waals surface area contributed by atoms with Gasteiger partial charge < -0.3 is 14.9 Å². The van der Waals surface area contributed by atoms with Crippen LogP contribution < -0.4 is 11.2 Å². The molecule has 0 radical (unpaired) electrons. The minimum atomic E-state index is -0.669. The maximum atomic E-state index is 11.5. The van der Waals surface area contributed by atoms with Crippen LogP contribution >= 0.6 is 15.9 Å². The second-order valence-electron chi connectivity index (χ2n) is 3.74. The van der Waals surface area contributed by atoms with Crippen molar-refractivity contribution in [3.8, 4) is 0 Å². The first-order chi connectivity index (χ1) is 8.08. The largest absolute Gasteiger partial charge is 0.396 e. The molecule has 0 aromatic carbocycles. The molecule has 1 aromatic heterocycles. The molecule has 3 atom stereocenters. The second kappa shape index (κ2) is 4.73. The van der Waals surface area contributed by atoms with Crippen LogP contribution in [0.15, 0.2) is 20.3 Å². The Balaban J connectivity index is 2.33. The van der Waals surface area contributed by atoms with E-state index in [4.69, 9.17) is 14.9 Å². The summed E-state index contributed by atoms with van der Waals surface area (Å²) in [7, 11) is 0. The van der Waals surface area contributed by atoms with Crippen molar-refractivity contribution in [3.63, 3.8) is 0 Å². The van der Waals surface area contributed by atoms with E-state index in [-0.39, 0.29) is 23.6 Å². The number of hydrogen-bond acceptors (Lipinski definition) is 5. The lowest BCUT2D eigenvalue weighted by Crippen LogP contribution is -2.52. The molecule has 94 valence electrons. The number of H-pyrrole nitrogens is 1. The number of aliphatic hydroxyl groups is 2. The van der Waals surface area contributed by atoms with Crippen LogP contribution in [0.2, 0.25) is 0 Å². The minimum absolute atomic E-state index is 0.199. The molecule has 0 bridgehead atoms. The fraction of sp³-hybridized carbons (Fsp3) is 0.556. The highest BCUT2D eigenvalue weighted by Gasteiger charge is 2.43. The quantitative estimate of drug-likeness (QED) is 0.650. The lowest BCUT2D eigenvalue weighted by atomic mass is 9.95. The molecule has 0 saturated carbocycles. The van der Waals surface area contributed by atoms with Crippen LogP contribution in [-0.4, -0.2) is 39.1 Å². The van der Waals surface area contributed by atoms with Crippen LogP contribution in [0.4, 0.5) is 0 Å². The molecule has 1 saturated heterocycles. The predicted molar refractivity (Wildman–Crippen MR) is 60.6 cm³/mol. The highest BCUT2D eigenvalue weighted by molar-refractivity contribution is 9.10. The molecule has 0 unspecified atom stereocenters. The Kier molecular flexibility index (Phi) is 3.48. The Morgan fingerprint density at radius 2 is 2.12 bits per heavy atom. The first kappa shape index (κ1) is 12.5. The fourth-order valence-corrected chi connectivity index (χ4v) is 2.10. The fourth-order valence-electron chi connectivity index (χ4n) is 1.78. The predicted octanol–water partition coefficient (Wildman–Crippen LogP) is -1.20. The molecular weight excluding hydrogens is 296 g/mol. The van der Waals surface area contributed by atoms with Gasteiger partial charge in [-0.25, -0.2) is 4.79 Å². The maximum absolute atomic E-state index is 11.5. The summed E-state index contributed by atoms with van der Waals surface area (Å²) in [6, 6.07) is 0. The van der Waals surface area contributed by atoms with Gasteiger partial charge in [0.2, 0.25) is 0 Å². The summed E-state index contributed by atoms with van der Waals surface area (Å²) in [4.78, 5) is 24.8. The highest BCUT2D eigenvalue weighted by atomic mass is 79.9. The van der Waals surface area contributed by atoms with Gasteiger partial charge in [0.1, 0.15) is 6.23 Å². The van der Waals surface area contributed by atoms with Crippen molar-refractivity contribution in [3.05, 3.63) is 31.5 Å². The average Bonchev–Trinajstić information content (AvgIpc) is 2.25. The second-order valence-corrected chi connectivity index (χ2v) is 4.59. The van der Waals surface area contributed by atoms with Gasteiger partial charge in [-0.1, -0.05) is 0 Å². The van der Waals surface area contributed by atoms with E-state index >= 15 is 0 Å². The van der Waals surface area contributed by atoms with Crippen molar-refractivity contribution in [2.75, 3.05) is 13.2 Å². The van der Waals surface area contributed by atoms with E-state index in [1.54, 1.807) is 0 Å². The van der Waals surface area contributed by atoms with Gasteiger partial charge in [-0.3, -0.25) is 14.3 Å². The van der Waals surface area contributed by atoms with Crippen LogP contribution in [0, 0.1) is 5.92 Å². The van der Waals surface area contributed by atoms with Crippen molar-refractivity contribution in [1.29, 1.82) is 0 Å². The number of halogens is 1. The monoisotopic (exact) mass is 306 g/mol. The van der Waals surface area contributed by atoms with Gasteiger partial charge in [-0.15, -0.1) is 0 Å². The molecule has 17 heavy (non-hydrogen) atoms. The summed E-state index contributed by atoms with van der Waals surface area (Å²) in [5.41, 5.74) is -1.14. The Labute approximate surface area is 104 Å². The summed E-state index contributed by atoms with van der Waals surface area (Å²) in [6.07, 6.45) is 0.155. The Morgan fingerprint density at radius 3 is 2.71 bits per heavy atom. The number of nitrogens with zero attached hydrogens (tertiary/aromatic N) is 1. The Bertz CT molecular complexity index is 525. The van der Waals surface area contributed by atoms with E-state index in [2.05, 4.69) is 20.9 Å². The molecule has 0 aliphatic carbocycles. The van der Waals surface area contributed by atoms with Gasteiger partial charge in [-0.2, -0.15) is 0 Å². The van der Waals surface area contributed by atoms with Crippen LogP contribution in [-0.2, 0) is 4.74 Å². The molecule has 1 aromatic rings. The highest BCUT2D eigenvalue weighted by Crippen LogP contribution is 2.35. The van der Waals surface area contributed by atoms with E-state index in [1.165, 1.54) is 10.8 Å². The number of aromatic nitrogens is 2. The molecule has 7 nitrogen and oxygen atoms in total. The third kappa shape index (κ3) is 2.08. The number of hydrogen-bond donors (Lipinski definition) is 3. The number of aliphatic hydroxyl groups excluding tert-OH is 2. The SMILES string of the molecule is O=c1[nH]c(=O)n([C@@H]2O[C@H](CO)[C@H]2CO)cc1Br. The van der Waals surface area contributed by atoms with Crippen molar-refractivity contribution in [1.82, 2.24) is 9.55 Å². The van der Waals surface area contributed by atoms with Crippen LogP contribution in [0.1, 0.15) is 6.23 Å². The number of nitrogens with one attached hydrogen (secondary N) is 1. The minimum Gasteiger partial charge on any atom is -0.396 e. The zero-order valence-corrected chi connectivity index (χ0v) is 10.3. The van der Waals surface area contributed by atoms with Crippen molar-refractivity contribution in [2.45, 2.75) is 12.3 Å². The molecule has 3 N–H and O–H groups in total. The molecule has 2 heterocycles. The molecule has 1 aliphatic rings. The first-order valence-corrected chi connectivity index (χ1v) is 5.76. The normalized spacial score (nSPS) is 27.8. The van der Waals surface area contributed by atoms with Gasteiger partial charge in [0, 0.05) is 6.20 Å². The summed E-state index contributed by atoms with van der Waals surface area (Å²) >= 11 is 3.00. The van der Waals surface area contributed by atoms with Gasteiger partial charge in [0.05, 0.1) is 29.7 Å². The molecule has 0 spiro atoms. The Morgan fingerprint density at radius 1 is 1.41 bits per heavy atom. The molecule has 0 amide bonds. The third-order valence-electron chi connectivity index (χ3n) is 2.75. The smallest absolute Gasteiger partial charge is 0.330 e. The summed E-state index contributed by atoms with van der Waals surface area (Å²) in [6.45, 7) is -0.430. The third-order valence-corrected chi connectivity index (χ3v) is 3.31. The zero-order valence-electron chi connectivity index (χ0n) is 8.67. The summed E-state index contributed by atoms with van der Waals surface area (Å²) in [5.74, 6) is -0.365.